The minimum atomic E-state index is -0.697. The van der Waals surface area contributed by atoms with E-state index in [9.17, 15) is 0 Å². The summed E-state index contributed by atoms with van der Waals surface area (Å²) in [6.07, 6.45) is 2.50. The Morgan fingerprint density at radius 3 is 1.79 bits per heavy atom. The third-order valence-electron chi connectivity index (χ3n) is 6.32. The fourth-order valence-corrected chi connectivity index (χ4v) is 9.78. The van der Waals surface area contributed by atoms with Gasteiger partial charge in [0.1, 0.15) is 0 Å². The first-order valence-electron chi connectivity index (χ1n) is 8.75. The van der Waals surface area contributed by atoms with E-state index in [-0.39, 0.29) is 24.8 Å². The molecular weight excluding hydrogens is 414 g/mol. The summed E-state index contributed by atoms with van der Waals surface area (Å²) in [4.78, 5) is 0. The fraction of sp³-hybridized carbons (Fsp3) is 0.619. The molecule has 1 atom stereocenters. The molecule has 0 radical (unpaired) electrons. The van der Waals surface area contributed by atoms with E-state index in [0.717, 1.165) is 5.92 Å². The van der Waals surface area contributed by atoms with Crippen LogP contribution in [0.1, 0.15) is 75.2 Å². The second kappa shape index (κ2) is 8.88. The van der Waals surface area contributed by atoms with Crippen LogP contribution in [-0.2, 0) is 23.2 Å². The maximum atomic E-state index is 2.45. The summed E-state index contributed by atoms with van der Waals surface area (Å²) in [5.41, 5.74) is 10.1. The third-order valence-corrected chi connectivity index (χ3v) is 11.7. The molecule has 0 spiro atoms. The minimum Gasteiger partial charge on any atom is -1.00 e. The average molecular weight is 447 g/mol. The van der Waals surface area contributed by atoms with E-state index in [1.807, 2.05) is 6.56 Å². The van der Waals surface area contributed by atoms with Crippen molar-refractivity contribution in [3.8, 4) is 0 Å². The zero-order valence-electron chi connectivity index (χ0n) is 16.7. The van der Waals surface area contributed by atoms with Gasteiger partial charge in [-0.25, -0.2) is 0 Å². The molecule has 134 valence electrons. The predicted octanol–water partition coefficient (Wildman–Crippen LogP) is 0.767. The van der Waals surface area contributed by atoms with E-state index in [2.05, 4.69) is 62.3 Å². The van der Waals surface area contributed by atoms with Gasteiger partial charge in [0.05, 0.1) is 0 Å². The van der Waals surface area contributed by atoms with Crippen molar-refractivity contribution < 1.29 is 48.0 Å². The number of rotatable bonds is 4. The van der Waals surface area contributed by atoms with Gasteiger partial charge in [-0.3, -0.25) is 0 Å². The van der Waals surface area contributed by atoms with E-state index in [0.29, 0.717) is 5.41 Å². The van der Waals surface area contributed by atoms with Crippen LogP contribution in [-0.4, -0.2) is 0 Å². The summed E-state index contributed by atoms with van der Waals surface area (Å²) in [6, 6.07) is 0. The Hall–Kier alpha value is 0.423. The van der Waals surface area contributed by atoms with Crippen LogP contribution >= 0.6 is 0 Å². The Bertz CT molecular complexity index is 630. The molecule has 0 saturated carbocycles. The summed E-state index contributed by atoms with van der Waals surface area (Å²) in [7, 11) is 0. The summed E-state index contributed by atoms with van der Waals surface area (Å²) in [6.45, 7) is 21.4. The molecule has 2 aliphatic rings. The molecule has 0 heterocycles. The van der Waals surface area contributed by atoms with Crippen LogP contribution in [0.4, 0.5) is 0 Å². The second-order valence-corrected chi connectivity index (χ2v) is 10.7. The largest absolute Gasteiger partial charge is 1.00 e. The molecule has 0 N–H and O–H groups in total. The Kier molecular flexibility index (Phi) is 9.03. The van der Waals surface area contributed by atoms with Crippen molar-refractivity contribution in [2.45, 2.75) is 75.2 Å². The molecular formula is C21H32Cl2Zr. The van der Waals surface area contributed by atoms with Crippen LogP contribution in [0.2, 0.25) is 0 Å². The number of hydrogen-bond acceptors (Lipinski definition) is 0. The number of hydrogen-bond donors (Lipinski definition) is 0. The van der Waals surface area contributed by atoms with Gasteiger partial charge in [0.25, 0.3) is 0 Å². The van der Waals surface area contributed by atoms with Gasteiger partial charge in [0.2, 0.25) is 0 Å². The molecule has 0 aromatic rings. The maximum absolute atomic E-state index is 2.45. The van der Waals surface area contributed by atoms with Crippen LogP contribution in [0.3, 0.4) is 0 Å². The number of halogens is 2. The first-order valence-corrected chi connectivity index (χ1v) is 11.2. The van der Waals surface area contributed by atoms with E-state index in [1.165, 1.54) is 12.8 Å². The molecule has 0 aromatic heterocycles. The van der Waals surface area contributed by atoms with Crippen LogP contribution in [0.5, 0.6) is 0 Å². The molecule has 0 fully saturated rings. The van der Waals surface area contributed by atoms with Crippen LogP contribution in [0.15, 0.2) is 40.0 Å². The van der Waals surface area contributed by atoms with Crippen LogP contribution < -0.4 is 24.8 Å². The molecule has 2 rings (SSSR count). The van der Waals surface area contributed by atoms with Crippen molar-refractivity contribution in [3.63, 3.8) is 0 Å². The topological polar surface area (TPSA) is 0 Å². The summed E-state index contributed by atoms with van der Waals surface area (Å²) >= 11 is -0.697. The fourth-order valence-electron chi connectivity index (χ4n) is 4.24. The molecule has 0 aromatic carbocycles. The van der Waals surface area contributed by atoms with Gasteiger partial charge < -0.3 is 24.8 Å². The molecule has 0 saturated heterocycles. The average Bonchev–Trinajstić information content (AvgIpc) is 2.79. The summed E-state index contributed by atoms with van der Waals surface area (Å²) < 4.78 is 3.71. The maximum Gasteiger partial charge on any atom is -1.00 e. The normalized spacial score (nSPS) is 22.8. The van der Waals surface area contributed by atoms with Crippen molar-refractivity contribution in [3.05, 3.63) is 40.0 Å². The molecule has 2 aliphatic carbocycles. The second-order valence-electron chi connectivity index (χ2n) is 7.51. The predicted molar refractivity (Wildman–Crippen MR) is 94.3 cm³/mol. The molecule has 3 heteroatoms. The van der Waals surface area contributed by atoms with E-state index in [1.54, 1.807) is 33.4 Å². The molecule has 0 aliphatic heterocycles. The zero-order valence-corrected chi connectivity index (χ0v) is 20.7. The Labute approximate surface area is 173 Å². The van der Waals surface area contributed by atoms with Gasteiger partial charge in [-0.15, -0.1) is 0 Å². The van der Waals surface area contributed by atoms with E-state index in [4.69, 9.17) is 0 Å². The molecule has 24 heavy (non-hydrogen) atoms. The zero-order chi connectivity index (χ0) is 16.8. The van der Waals surface area contributed by atoms with E-state index < -0.39 is 23.2 Å². The quantitative estimate of drug-likeness (QED) is 0.599. The number of allylic oxidation sites excluding steroid dienone is 8. The molecule has 0 bridgehead atoms. The Morgan fingerprint density at radius 2 is 1.42 bits per heavy atom. The van der Waals surface area contributed by atoms with Gasteiger partial charge >= 0.3 is 150 Å². The SMILES string of the molecule is CCC1=[C]([Zr+2][C]2=C(C)C(C)=C(C)C2(C)C)C(CC)C(C)=C1C.[Cl-].[Cl-]. The molecule has 0 amide bonds. The van der Waals surface area contributed by atoms with Crippen molar-refractivity contribution in [1.29, 1.82) is 0 Å². The standard InChI is InChI=1S/C11H17.C10H15.2ClH.Zr/c1-5-10-7-11(6-2)9(4)8(10)3;1-7-6-10(4,5)9(3)8(7)2;;;/h10H,5-6H2,1-4H3;1-5H3;2*1H;/q;;;;+2/p-2. The van der Waals surface area contributed by atoms with Crippen molar-refractivity contribution in [1.82, 2.24) is 0 Å². The van der Waals surface area contributed by atoms with Gasteiger partial charge in [0, 0.05) is 0 Å². The smallest absolute Gasteiger partial charge is 1.00 e. The first-order chi connectivity index (χ1) is 10.2. The third kappa shape index (κ3) is 3.74. The van der Waals surface area contributed by atoms with E-state index >= 15 is 0 Å². The molecule has 1 unspecified atom stereocenters. The Balaban J connectivity index is 0.00000264. The summed E-state index contributed by atoms with van der Waals surface area (Å²) in [5.74, 6) is 0.749. The first kappa shape index (κ1) is 24.4. The van der Waals surface area contributed by atoms with Crippen LogP contribution in [0, 0.1) is 11.3 Å². The van der Waals surface area contributed by atoms with Gasteiger partial charge in [-0.05, 0) is 0 Å². The monoisotopic (exact) mass is 444 g/mol. The Morgan fingerprint density at radius 1 is 0.875 bits per heavy atom. The van der Waals surface area contributed by atoms with Gasteiger partial charge in [0.15, 0.2) is 0 Å². The van der Waals surface area contributed by atoms with Crippen molar-refractivity contribution >= 4 is 0 Å². The van der Waals surface area contributed by atoms with Crippen molar-refractivity contribution in [2.24, 2.45) is 11.3 Å². The summed E-state index contributed by atoms with van der Waals surface area (Å²) in [5, 5.41) is 0. The molecule has 0 nitrogen and oxygen atoms in total. The van der Waals surface area contributed by atoms with Gasteiger partial charge in [-0.2, -0.15) is 0 Å². The van der Waals surface area contributed by atoms with Gasteiger partial charge in [-0.1, -0.05) is 0 Å². The minimum absolute atomic E-state index is 0. The van der Waals surface area contributed by atoms with Crippen molar-refractivity contribution in [2.75, 3.05) is 0 Å². The van der Waals surface area contributed by atoms with Crippen LogP contribution in [0.25, 0.3) is 0 Å².